The van der Waals surface area contributed by atoms with Gasteiger partial charge in [-0.1, -0.05) is 0 Å². The van der Waals surface area contributed by atoms with Gasteiger partial charge in [0, 0.05) is 56.2 Å². The van der Waals surface area contributed by atoms with Crippen molar-refractivity contribution in [1.29, 1.82) is 0 Å². The number of hydrogen-bond acceptors (Lipinski definition) is 7. The van der Waals surface area contributed by atoms with E-state index in [0.29, 0.717) is 28.7 Å². The number of nitrogens with one attached hydrogen (secondary N) is 4. The number of aromatic nitrogens is 3. The van der Waals surface area contributed by atoms with Gasteiger partial charge in [-0.25, -0.2) is 17.2 Å². The van der Waals surface area contributed by atoms with E-state index in [-0.39, 0.29) is 17.9 Å². The van der Waals surface area contributed by atoms with Crippen molar-refractivity contribution in [3.8, 4) is 0 Å². The molecule has 4 aromatic rings. The van der Waals surface area contributed by atoms with Gasteiger partial charge in [0.25, 0.3) is 11.8 Å². The maximum Gasteiger partial charge on any atom is 0.272 e. The number of rotatable bonds is 7. The number of likely N-dealkylation sites (N-methyl/N-ethyl adjacent to an activating group) is 1. The minimum absolute atomic E-state index is 0.0960. The molecule has 1 saturated heterocycles. The zero-order chi connectivity index (χ0) is 33.0. The molecule has 15 heteroatoms. The Morgan fingerprint density at radius 2 is 1.67 bits per heavy atom. The molecule has 2 aliphatic rings. The predicted octanol–water partition coefficient (Wildman–Crippen LogP) is 4.02. The summed E-state index contributed by atoms with van der Waals surface area (Å²) in [6.45, 7) is 8.24. The second kappa shape index (κ2) is 11.6. The minimum Gasteiger partial charge on any atom is -0.369 e. The molecule has 2 aromatic carbocycles. The molecule has 6 rings (SSSR count). The summed E-state index contributed by atoms with van der Waals surface area (Å²) in [7, 11) is -2.30. The highest BCUT2D eigenvalue weighted by Crippen LogP contribution is 2.44. The lowest BCUT2D eigenvalue weighted by molar-refractivity contribution is 0.102. The van der Waals surface area contributed by atoms with E-state index in [2.05, 4.69) is 42.7 Å². The van der Waals surface area contributed by atoms with Gasteiger partial charge in [-0.15, -0.1) is 0 Å². The van der Waals surface area contributed by atoms with E-state index in [0.717, 1.165) is 53.9 Å². The molecule has 242 valence electrons. The van der Waals surface area contributed by atoms with E-state index in [9.17, 15) is 26.8 Å². The summed E-state index contributed by atoms with van der Waals surface area (Å²) in [5.74, 6) is -2.94. The Balaban J connectivity index is 1.31. The lowest BCUT2D eigenvalue weighted by atomic mass is 10.0. The molecule has 46 heavy (non-hydrogen) atoms. The van der Waals surface area contributed by atoms with Crippen LogP contribution in [0.2, 0.25) is 0 Å². The van der Waals surface area contributed by atoms with Crippen molar-refractivity contribution in [2.45, 2.75) is 37.8 Å². The second-order valence-electron chi connectivity index (χ2n) is 12.1. The van der Waals surface area contributed by atoms with E-state index in [1.165, 1.54) is 0 Å². The highest BCUT2D eigenvalue weighted by Gasteiger charge is 2.48. The lowest BCUT2D eigenvalue weighted by Crippen LogP contribution is -2.44. The van der Waals surface area contributed by atoms with Gasteiger partial charge < -0.3 is 25.4 Å². The van der Waals surface area contributed by atoms with Gasteiger partial charge in [-0.05, 0) is 69.8 Å². The molecular weight excluding hydrogens is 618 g/mol. The van der Waals surface area contributed by atoms with Gasteiger partial charge in [0.15, 0.2) is 5.82 Å². The Hall–Kier alpha value is -4.60. The number of carbonyl (C=O) groups excluding carboxylic acids is 2. The van der Waals surface area contributed by atoms with E-state index < -0.39 is 43.9 Å². The average molecular weight is 653 g/mol. The van der Waals surface area contributed by atoms with Crippen LogP contribution in [0.1, 0.15) is 51.5 Å². The third-order valence-corrected chi connectivity index (χ3v) is 10.6. The standard InChI is InChI=1S/C31H34F2N8O4S/c1-18-12-22(25(35-30(43)24-6-5-7-34-24)16-26(18)40-10-8-39(4)9-11-40)29(42)36-28-23-17-41(31(2,3)27(23)37-38-28)46(44,45)21-14-19(32)13-20(33)15-21/h5-7,12-16,34H,8-11,17H2,1-4H3,(H,35,43)(H2,36,37,38,42). The number of nitrogens with zero attached hydrogens (tertiary/aromatic N) is 4. The number of aromatic amines is 2. The van der Waals surface area contributed by atoms with Crippen molar-refractivity contribution in [3.63, 3.8) is 0 Å². The molecule has 0 saturated carbocycles. The van der Waals surface area contributed by atoms with Crippen molar-refractivity contribution in [1.82, 2.24) is 24.4 Å². The summed E-state index contributed by atoms with van der Waals surface area (Å²) < 4.78 is 56.1. The number of amides is 2. The van der Waals surface area contributed by atoms with Gasteiger partial charge >= 0.3 is 0 Å². The summed E-state index contributed by atoms with van der Waals surface area (Å²) >= 11 is 0. The summed E-state index contributed by atoms with van der Waals surface area (Å²) in [6.07, 6.45) is 1.63. The van der Waals surface area contributed by atoms with Crippen LogP contribution < -0.4 is 15.5 Å². The normalized spacial score (nSPS) is 16.8. The van der Waals surface area contributed by atoms with Crippen molar-refractivity contribution in [2.24, 2.45) is 0 Å². The van der Waals surface area contributed by atoms with E-state index in [1.54, 1.807) is 44.3 Å². The quantitative estimate of drug-likeness (QED) is 0.236. The van der Waals surface area contributed by atoms with E-state index in [4.69, 9.17) is 0 Å². The van der Waals surface area contributed by atoms with Crippen LogP contribution in [0.25, 0.3) is 0 Å². The van der Waals surface area contributed by atoms with Crippen molar-refractivity contribution >= 4 is 39.0 Å². The third-order valence-electron chi connectivity index (χ3n) is 8.58. The molecule has 2 aliphatic heterocycles. The Labute approximate surface area is 264 Å². The first-order chi connectivity index (χ1) is 21.8. The number of aryl methyl sites for hydroxylation is 1. The molecule has 0 unspecified atom stereocenters. The molecule has 0 aliphatic carbocycles. The maximum atomic E-state index is 14.0. The molecule has 12 nitrogen and oxygen atoms in total. The van der Waals surface area contributed by atoms with Crippen LogP contribution in [0.5, 0.6) is 0 Å². The number of sulfonamides is 1. The van der Waals surface area contributed by atoms with Crippen LogP contribution >= 0.6 is 0 Å². The van der Waals surface area contributed by atoms with Crippen LogP contribution in [0, 0.1) is 18.6 Å². The van der Waals surface area contributed by atoms with Crippen molar-refractivity contribution < 1.29 is 26.8 Å². The number of fused-ring (bicyclic) bond motifs is 1. The minimum atomic E-state index is -4.36. The first-order valence-corrected chi connectivity index (χ1v) is 16.1. The molecular formula is C31H34F2N8O4S. The second-order valence-corrected chi connectivity index (χ2v) is 13.9. The Morgan fingerprint density at radius 1 is 0.978 bits per heavy atom. The highest BCUT2D eigenvalue weighted by molar-refractivity contribution is 7.89. The molecule has 2 amide bonds. The molecule has 0 bridgehead atoms. The van der Waals surface area contributed by atoms with Crippen molar-refractivity contribution in [2.75, 3.05) is 48.8 Å². The number of hydrogen-bond donors (Lipinski definition) is 4. The fourth-order valence-electron chi connectivity index (χ4n) is 6.00. The summed E-state index contributed by atoms with van der Waals surface area (Å²) in [5.41, 5.74) is 2.16. The van der Waals surface area contributed by atoms with Crippen LogP contribution in [0.15, 0.2) is 53.6 Å². The third kappa shape index (κ3) is 5.65. The Kier molecular flexibility index (Phi) is 7.94. The number of H-pyrrole nitrogens is 2. The molecule has 4 heterocycles. The van der Waals surface area contributed by atoms with Crippen molar-refractivity contribution in [3.05, 3.63) is 88.4 Å². The van der Waals surface area contributed by atoms with Gasteiger partial charge in [0.2, 0.25) is 10.0 Å². The van der Waals surface area contributed by atoms with Crippen LogP contribution in [-0.2, 0) is 22.1 Å². The molecule has 1 fully saturated rings. The largest absolute Gasteiger partial charge is 0.369 e. The Morgan fingerprint density at radius 3 is 2.33 bits per heavy atom. The van der Waals surface area contributed by atoms with Gasteiger partial charge in [0.1, 0.15) is 17.3 Å². The molecule has 4 N–H and O–H groups in total. The van der Waals surface area contributed by atoms with Gasteiger partial charge in [0.05, 0.1) is 27.4 Å². The molecule has 0 atom stereocenters. The topological polar surface area (TPSA) is 147 Å². The number of benzene rings is 2. The zero-order valence-corrected chi connectivity index (χ0v) is 26.6. The fraction of sp³-hybridized carbons (Fsp3) is 0.323. The lowest BCUT2D eigenvalue weighted by Gasteiger charge is -2.35. The summed E-state index contributed by atoms with van der Waals surface area (Å²) in [5, 5.41) is 12.8. The van der Waals surface area contributed by atoms with E-state index in [1.807, 2.05) is 6.92 Å². The molecule has 2 aromatic heterocycles. The first-order valence-electron chi connectivity index (χ1n) is 14.7. The first kappa shape index (κ1) is 31.4. The smallest absolute Gasteiger partial charge is 0.272 e. The van der Waals surface area contributed by atoms with Crippen LogP contribution in [0.3, 0.4) is 0 Å². The molecule has 0 spiro atoms. The predicted molar refractivity (Wildman–Crippen MR) is 168 cm³/mol. The van der Waals surface area contributed by atoms with E-state index >= 15 is 0 Å². The highest BCUT2D eigenvalue weighted by atomic mass is 32.2. The SMILES string of the molecule is Cc1cc(C(=O)Nc2n[nH]c3c2CN(S(=O)(=O)c2cc(F)cc(F)c2)C3(C)C)c(NC(=O)c2ccc[nH]2)cc1N1CCN(C)CC1. The zero-order valence-electron chi connectivity index (χ0n) is 25.7. The van der Waals surface area contributed by atoms with Crippen LogP contribution in [-0.4, -0.2) is 77.8 Å². The number of anilines is 3. The Bertz CT molecular complexity index is 1910. The number of halogens is 2. The number of piperazine rings is 1. The molecule has 0 radical (unpaired) electrons. The summed E-state index contributed by atoms with van der Waals surface area (Å²) in [4.78, 5) is 33.7. The van der Waals surface area contributed by atoms with Gasteiger partial charge in [-0.2, -0.15) is 9.40 Å². The number of carbonyl (C=O) groups is 2. The van der Waals surface area contributed by atoms with Gasteiger partial charge in [-0.3, -0.25) is 14.7 Å². The average Bonchev–Trinajstić information content (AvgIpc) is 3.73. The summed E-state index contributed by atoms with van der Waals surface area (Å²) in [6, 6.07) is 8.94. The fourth-order valence-corrected chi connectivity index (χ4v) is 7.77. The maximum absolute atomic E-state index is 14.0. The monoisotopic (exact) mass is 652 g/mol. The van der Waals surface area contributed by atoms with Crippen LogP contribution in [0.4, 0.5) is 26.0 Å².